The number of likely N-dealkylation sites (N-methyl/N-ethyl adjacent to an activating group) is 1. The second kappa shape index (κ2) is 10.2. The van der Waals surface area contributed by atoms with E-state index in [2.05, 4.69) is 64.5 Å². The molecule has 0 saturated carbocycles. The van der Waals surface area contributed by atoms with Crippen LogP contribution >= 0.6 is 0 Å². The van der Waals surface area contributed by atoms with Crippen LogP contribution in [0.15, 0.2) is 36.9 Å². The molecule has 2 aromatic rings. The normalized spacial score (nSPS) is 24.5. The molecule has 1 aliphatic carbocycles. The number of fused-ring (bicyclic) bond motifs is 3. The Morgan fingerprint density at radius 1 is 1.18 bits per heavy atom. The molecule has 2 fully saturated rings. The van der Waals surface area contributed by atoms with E-state index < -0.39 is 0 Å². The molecular weight excluding hydrogens is 490 g/mol. The Hall–Kier alpha value is -3.64. The Bertz CT molecular complexity index is 1310. The van der Waals surface area contributed by atoms with Gasteiger partial charge in [-0.25, -0.2) is 6.57 Å². The van der Waals surface area contributed by atoms with Crippen LogP contribution in [0.25, 0.3) is 4.85 Å². The molecule has 1 spiro atoms. The second-order valence-electron chi connectivity index (χ2n) is 11.4. The number of hydrogen-bond donors (Lipinski definition) is 0. The zero-order valence-electron chi connectivity index (χ0n) is 23.0. The summed E-state index contributed by atoms with van der Waals surface area (Å²) in [6.07, 6.45) is 6.24. The Morgan fingerprint density at radius 2 is 2.00 bits per heavy atom. The maximum Gasteiger partial charge on any atom is 0.246 e. The first-order chi connectivity index (χ1) is 18.9. The van der Waals surface area contributed by atoms with Crippen molar-refractivity contribution < 1.29 is 9.53 Å². The molecule has 0 bridgehead atoms. The number of rotatable bonds is 5. The van der Waals surface area contributed by atoms with Gasteiger partial charge in [-0.3, -0.25) is 4.79 Å². The van der Waals surface area contributed by atoms with Crippen molar-refractivity contribution in [2.75, 3.05) is 63.2 Å². The molecule has 2 saturated heterocycles. The van der Waals surface area contributed by atoms with Gasteiger partial charge in [-0.05, 0) is 63.4 Å². The molecule has 1 aromatic carbocycles. The minimum absolute atomic E-state index is 0.120. The fraction of sp³-hybridized carbons (Fsp3) is 0.533. The summed E-state index contributed by atoms with van der Waals surface area (Å²) in [5, 5.41) is 0. The van der Waals surface area contributed by atoms with E-state index in [1.54, 1.807) is 4.90 Å². The highest BCUT2D eigenvalue weighted by molar-refractivity contribution is 5.87. The van der Waals surface area contributed by atoms with Crippen molar-refractivity contribution in [3.05, 3.63) is 65.0 Å². The third-order valence-corrected chi connectivity index (χ3v) is 8.96. The number of carbonyl (C=O) groups excluding carboxylic acids is 1. The van der Waals surface area contributed by atoms with Gasteiger partial charge >= 0.3 is 0 Å². The van der Waals surface area contributed by atoms with Crippen molar-refractivity contribution in [1.82, 2.24) is 19.8 Å². The Labute approximate surface area is 230 Å². The van der Waals surface area contributed by atoms with Crippen LogP contribution in [-0.4, -0.2) is 91.1 Å². The van der Waals surface area contributed by atoms with Gasteiger partial charge in [0.05, 0.1) is 5.56 Å². The van der Waals surface area contributed by atoms with Gasteiger partial charge in [0.25, 0.3) is 0 Å². The lowest BCUT2D eigenvalue weighted by Crippen LogP contribution is -2.58. The number of nitrogens with zero attached hydrogens (tertiary/aromatic N) is 7. The SMILES string of the molecule is [C-]#[N+]C[C@H]1CN(c2nc(N3CC(N(C)C)C3)nc3c2CCC2(CCCc4ccccc42)O3)CCN1C(=O)C=C. The summed E-state index contributed by atoms with van der Waals surface area (Å²) in [7, 11) is 4.21. The van der Waals surface area contributed by atoms with Gasteiger partial charge in [0.15, 0.2) is 0 Å². The van der Waals surface area contributed by atoms with Crippen molar-refractivity contribution in [3.8, 4) is 5.88 Å². The van der Waals surface area contributed by atoms with Crippen LogP contribution in [0.3, 0.4) is 0 Å². The smallest absolute Gasteiger partial charge is 0.246 e. The molecule has 9 nitrogen and oxygen atoms in total. The largest absolute Gasteiger partial charge is 0.466 e. The number of ether oxygens (including phenoxy) is 1. The highest BCUT2D eigenvalue weighted by atomic mass is 16.5. The maximum atomic E-state index is 12.5. The predicted molar refractivity (Wildman–Crippen MR) is 151 cm³/mol. The summed E-state index contributed by atoms with van der Waals surface area (Å²) in [5.41, 5.74) is 3.37. The molecule has 6 rings (SSSR count). The monoisotopic (exact) mass is 527 g/mol. The van der Waals surface area contributed by atoms with Gasteiger partial charge in [0.2, 0.25) is 24.3 Å². The third kappa shape index (κ3) is 4.51. The molecule has 9 heteroatoms. The van der Waals surface area contributed by atoms with E-state index in [4.69, 9.17) is 21.3 Å². The fourth-order valence-electron chi connectivity index (χ4n) is 6.62. The number of benzene rings is 1. The van der Waals surface area contributed by atoms with E-state index in [0.29, 0.717) is 37.5 Å². The van der Waals surface area contributed by atoms with Crippen molar-refractivity contribution in [3.63, 3.8) is 0 Å². The number of aromatic nitrogens is 2. The van der Waals surface area contributed by atoms with Crippen LogP contribution in [0.1, 0.15) is 36.0 Å². The van der Waals surface area contributed by atoms with Gasteiger partial charge < -0.3 is 29.2 Å². The number of anilines is 2. The summed E-state index contributed by atoms with van der Waals surface area (Å²) < 4.78 is 6.96. The molecule has 0 radical (unpaired) electrons. The van der Waals surface area contributed by atoms with Crippen LogP contribution in [-0.2, 0) is 23.2 Å². The van der Waals surface area contributed by atoms with Crippen LogP contribution in [0.4, 0.5) is 11.8 Å². The van der Waals surface area contributed by atoms with Crippen LogP contribution in [0.2, 0.25) is 0 Å². The van der Waals surface area contributed by atoms with Crippen molar-refractivity contribution in [2.45, 2.75) is 49.8 Å². The highest BCUT2D eigenvalue weighted by Crippen LogP contribution is 2.48. The van der Waals surface area contributed by atoms with Crippen LogP contribution < -0.4 is 14.5 Å². The number of carbonyl (C=O) groups is 1. The minimum atomic E-state index is -0.354. The highest BCUT2D eigenvalue weighted by Gasteiger charge is 2.44. The lowest BCUT2D eigenvalue weighted by molar-refractivity contribution is -0.128. The lowest BCUT2D eigenvalue weighted by Gasteiger charge is -2.46. The van der Waals surface area contributed by atoms with Crippen LogP contribution in [0, 0.1) is 6.57 Å². The number of aryl methyl sites for hydroxylation is 1. The summed E-state index contributed by atoms with van der Waals surface area (Å²) in [5.74, 6) is 2.17. The van der Waals surface area contributed by atoms with Gasteiger partial charge in [-0.15, -0.1) is 0 Å². The summed E-state index contributed by atoms with van der Waals surface area (Å²) in [6.45, 7) is 14.9. The quantitative estimate of drug-likeness (QED) is 0.438. The molecule has 3 aliphatic heterocycles. The lowest BCUT2D eigenvalue weighted by atomic mass is 9.75. The molecule has 39 heavy (non-hydrogen) atoms. The summed E-state index contributed by atoms with van der Waals surface area (Å²) >= 11 is 0. The average Bonchev–Trinajstić information content (AvgIpc) is 2.91. The number of amides is 1. The first kappa shape index (κ1) is 25.6. The first-order valence-corrected chi connectivity index (χ1v) is 14.0. The molecule has 0 N–H and O–H groups in total. The van der Waals surface area contributed by atoms with Crippen molar-refractivity contribution >= 4 is 17.7 Å². The van der Waals surface area contributed by atoms with E-state index in [9.17, 15) is 4.79 Å². The topological polar surface area (TPSA) is 69.4 Å². The zero-order chi connectivity index (χ0) is 27.1. The third-order valence-electron chi connectivity index (χ3n) is 8.96. The summed E-state index contributed by atoms with van der Waals surface area (Å²) in [6, 6.07) is 8.96. The van der Waals surface area contributed by atoms with E-state index in [0.717, 1.165) is 56.6 Å². The van der Waals surface area contributed by atoms with E-state index in [1.165, 1.54) is 17.2 Å². The Balaban J connectivity index is 1.37. The van der Waals surface area contributed by atoms with Gasteiger partial charge in [0, 0.05) is 38.8 Å². The standard InChI is InChI=1S/C30H37N7O2/c1-5-26(38)37-16-15-35(18-22(37)17-31-2)27-24-12-14-30(13-8-10-21-9-6-7-11-25(21)30)39-28(24)33-29(32-27)36-19-23(20-36)34(3)4/h5-7,9,11,22-23H,1,8,10,12-20H2,3-4H3/t22-,30?/m0/s1. The summed E-state index contributed by atoms with van der Waals surface area (Å²) in [4.78, 5) is 34.8. The Kier molecular flexibility index (Phi) is 6.67. The van der Waals surface area contributed by atoms with Crippen molar-refractivity contribution in [1.29, 1.82) is 0 Å². The Morgan fingerprint density at radius 3 is 2.77 bits per heavy atom. The molecular formula is C30H37N7O2. The van der Waals surface area contributed by atoms with E-state index in [1.807, 2.05) is 0 Å². The predicted octanol–water partition coefficient (Wildman–Crippen LogP) is 2.91. The van der Waals surface area contributed by atoms with E-state index in [-0.39, 0.29) is 24.1 Å². The number of hydrogen-bond acceptors (Lipinski definition) is 7. The molecule has 1 unspecified atom stereocenters. The second-order valence-corrected chi connectivity index (χ2v) is 11.4. The molecule has 1 amide bonds. The maximum absolute atomic E-state index is 12.5. The van der Waals surface area contributed by atoms with Gasteiger partial charge in [-0.2, -0.15) is 9.97 Å². The first-order valence-electron chi connectivity index (χ1n) is 14.0. The molecule has 204 valence electrons. The average molecular weight is 528 g/mol. The van der Waals surface area contributed by atoms with E-state index >= 15 is 0 Å². The molecule has 4 heterocycles. The minimum Gasteiger partial charge on any atom is -0.466 e. The van der Waals surface area contributed by atoms with Gasteiger partial charge in [0.1, 0.15) is 17.5 Å². The number of piperazine rings is 1. The molecule has 4 aliphatic rings. The van der Waals surface area contributed by atoms with Crippen LogP contribution in [0.5, 0.6) is 5.88 Å². The van der Waals surface area contributed by atoms with Crippen molar-refractivity contribution in [2.24, 2.45) is 0 Å². The zero-order valence-corrected chi connectivity index (χ0v) is 23.0. The molecule has 2 atom stereocenters. The van der Waals surface area contributed by atoms with Gasteiger partial charge in [-0.1, -0.05) is 30.8 Å². The fourth-order valence-corrected chi connectivity index (χ4v) is 6.62. The molecule has 1 aromatic heterocycles.